The van der Waals surface area contributed by atoms with E-state index in [-0.39, 0.29) is 49.2 Å². The van der Waals surface area contributed by atoms with Crippen molar-refractivity contribution in [2.75, 3.05) is 0 Å². The zero-order chi connectivity index (χ0) is 45.1. The smallest absolute Gasteiger partial charge is 0.869 e. The van der Waals surface area contributed by atoms with E-state index in [1.807, 2.05) is 24.3 Å². The maximum Gasteiger partial charge on any atom is 2.00 e. The average molecular weight is 935 g/mol. The number of unbranched alkanes of at least 4 members (excludes halogenated alkanes) is 20. The summed E-state index contributed by atoms with van der Waals surface area (Å²) >= 11 is 0. The van der Waals surface area contributed by atoms with Gasteiger partial charge in [-0.15, -0.1) is 0 Å². The predicted molar refractivity (Wildman–Crippen MR) is 251 cm³/mol. The standard InChI is InChI=1S/2C25H36O5S.Ca/c2*1-2-3-4-5-6-7-8-9-10-11-12-14-21-17-19-22(20-18-21)30-23-15-13-16-24(25(23)26)31(27,28)29;/h2*13,15-20,26H,2-12,14H2,1H3,(H,27,28,29);/q;;+2/p-2. The zero-order valence-electron chi connectivity index (χ0n) is 37.7. The van der Waals surface area contributed by atoms with E-state index >= 15 is 0 Å². The second-order valence-electron chi connectivity index (χ2n) is 16.2. The van der Waals surface area contributed by atoms with E-state index in [9.17, 15) is 31.6 Å². The number of phenolic OH excluding ortho intramolecular Hbond substituents is 1. The van der Waals surface area contributed by atoms with Crippen molar-refractivity contribution in [3.8, 4) is 34.5 Å². The third-order valence-corrected chi connectivity index (χ3v) is 12.6. The first-order chi connectivity index (χ1) is 29.8. The molecule has 344 valence electrons. The first-order valence-electron chi connectivity index (χ1n) is 22.9. The van der Waals surface area contributed by atoms with Crippen molar-refractivity contribution < 1.29 is 45.6 Å². The van der Waals surface area contributed by atoms with Crippen molar-refractivity contribution in [2.24, 2.45) is 0 Å². The first-order valence-corrected chi connectivity index (χ1v) is 25.8. The number of rotatable bonds is 30. The Labute approximate surface area is 408 Å². The average Bonchev–Trinajstić information content (AvgIpc) is 3.24. The largest absolute Gasteiger partial charge is 2.00 e. The topological polar surface area (TPSA) is 173 Å². The van der Waals surface area contributed by atoms with Gasteiger partial charge in [0.1, 0.15) is 32.3 Å². The van der Waals surface area contributed by atoms with Crippen molar-refractivity contribution >= 4 is 58.0 Å². The maximum absolute atomic E-state index is 12.1. The van der Waals surface area contributed by atoms with Crippen molar-refractivity contribution in [3.63, 3.8) is 0 Å². The molecule has 0 aliphatic heterocycles. The molecule has 0 heterocycles. The van der Waals surface area contributed by atoms with Gasteiger partial charge in [-0.25, -0.2) is 8.42 Å². The fourth-order valence-electron chi connectivity index (χ4n) is 7.25. The van der Waals surface area contributed by atoms with E-state index in [4.69, 9.17) is 14.0 Å². The van der Waals surface area contributed by atoms with Crippen LogP contribution in [0.3, 0.4) is 0 Å². The van der Waals surface area contributed by atoms with Crippen LogP contribution >= 0.6 is 0 Å². The Bertz CT molecular complexity index is 1910. The summed E-state index contributed by atoms with van der Waals surface area (Å²) in [4.78, 5) is -1.36. The van der Waals surface area contributed by atoms with Crippen LogP contribution in [0, 0.1) is 0 Å². The normalized spacial score (nSPS) is 11.4. The van der Waals surface area contributed by atoms with Gasteiger partial charge in [0.2, 0.25) is 0 Å². The fraction of sp³-hybridized carbons (Fsp3) is 0.520. The van der Waals surface area contributed by atoms with Crippen LogP contribution in [0.25, 0.3) is 0 Å². The third kappa shape index (κ3) is 23.3. The third-order valence-electron chi connectivity index (χ3n) is 10.9. The monoisotopic (exact) mass is 934 g/mol. The van der Waals surface area contributed by atoms with Gasteiger partial charge in [-0.1, -0.05) is 179 Å². The molecule has 0 aromatic heterocycles. The van der Waals surface area contributed by atoms with Gasteiger partial charge in [0, 0.05) is 0 Å². The van der Waals surface area contributed by atoms with E-state index in [1.165, 1.54) is 164 Å². The molecule has 13 heteroatoms. The van der Waals surface area contributed by atoms with Gasteiger partial charge in [-0.2, -0.15) is 8.42 Å². The van der Waals surface area contributed by atoms with E-state index in [2.05, 4.69) is 13.8 Å². The van der Waals surface area contributed by atoms with Crippen LogP contribution in [0.2, 0.25) is 0 Å². The first kappa shape index (κ1) is 56.3. The molecule has 0 bridgehead atoms. The molecule has 0 spiro atoms. The van der Waals surface area contributed by atoms with Crippen LogP contribution in [0.5, 0.6) is 34.5 Å². The molecule has 0 aliphatic carbocycles. The SMILES string of the molecule is CCCCCCCCCCCCCc1ccc(Oc2cccc(S(=O)(=O)O)c2O)cc1.CCCCCCCCCCCCCc1ccc(Oc2cccc(S(=O)(=O)[O-])c2[O-])cc1.[Ca+2]. The summed E-state index contributed by atoms with van der Waals surface area (Å²) in [7, 11) is -9.33. The molecule has 0 saturated carbocycles. The van der Waals surface area contributed by atoms with Crippen molar-refractivity contribution in [3.05, 3.63) is 96.1 Å². The van der Waals surface area contributed by atoms with Gasteiger partial charge in [-0.05, 0) is 91.1 Å². The van der Waals surface area contributed by atoms with Crippen LogP contribution in [0.1, 0.15) is 166 Å². The summed E-state index contributed by atoms with van der Waals surface area (Å²) in [5, 5.41) is 22.2. The Morgan fingerprint density at radius 1 is 0.476 bits per heavy atom. The van der Waals surface area contributed by atoms with Gasteiger partial charge < -0.3 is 24.2 Å². The number of aryl methyl sites for hydroxylation is 2. The number of aromatic hydroxyl groups is 1. The minimum atomic E-state index is -4.82. The number of hydrogen-bond acceptors (Lipinski definition) is 9. The zero-order valence-corrected chi connectivity index (χ0v) is 41.6. The molecule has 10 nitrogen and oxygen atoms in total. The van der Waals surface area contributed by atoms with E-state index in [1.54, 1.807) is 24.3 Å². The minimum Gasteiger partial charge on any atom is -0.869 e. The minimum absolute atomic E-state index is 0. The fourth-order valence-corrected chi connectivity index (χ4v) is 8.42. The van der Waals surface area contributed by atoms with Gasteiger partial charge in [-0.3, -0.25) is 4.55 Å². The van der Waals surface area contributed by atoms with Gasteiger partial charge >= 0.3 is 37.7 Å². The van der Waals surface area contributed by atoms with Crippen LogP contribution in [0.4, 0.5) is 0 Å². The Kier molecular flexibility index (Phi) is 28.5. The predicted octanol–water partition coefficient (Wildman–Crippen LogP) is 13.2. The number of para-hydroxylation sites is 2. The summed E-state index contributed by atoms with van der Waals surface area (Å²) in [5.74, 6) is -0.786. The Morgan fingerprint density at radius 3 is 1.17 bits per heavy atom. The quantitative estimate of drug-likeness (QED) is 0.0291. The van der Waals surface area contributed by atoms with E-state index < -0.39 is 41.5 Å². The molecule has 0 unspecified atom stereocenters. The molecule has 0 amide bonds. The van der Waals surface area contributed by atoms with Crippen LogP contribution < -0.4 is 14.6 Å². The molecule has 4 rings (SSSR count). The summed E-state index contributed by atoms with van der Waals surface area (Å²) in [6.45, 7) is 4.50. The molecule has 63 heavy (non-hydrogen) atoms. The molecule has 0 saturated heterocycles. The van der Waals surface area contributed by atoms with Crippen LogP contribution in [-0.4, -0.2) is 68.8 Å². The van der Waals surface area contributed by atoms with E-state index in [0.29, 0.717) is 11.5 Å². The van der Waals surface area contributed by atoms with Gasteiger partial charge in [0.25, 0.3) is 10.1 Å². The van der Waals surface area contributed by atoms with Crippen molar-refractivity contribution in [1.82, 2.24) is 0 Å². The maximum atomic E-state index is 12.1. The number of phenols is 1. The summed E-state index contributed by atoms with van der Waals surface area (Å²) in [6.07, 6.45) is 31.1. The Hall–Kier alpha value is -2.84. The Morgan fingerprint density at radius 2 is 0.810 bits per heavy atom. The second kappa shape index (κ2) is 31.9. The molecule has 0 atom stereocenters. The molecule has 4 aromatic rings. The molecule has 4 aromatic carbocycles. The van der Waals surface area contributed by atoms with Gasteiger partial charge in [0.15, 0.2) is 11.5 Å². The molecule has 0 radical (unpaired) electrons. The summed E-state index contributed by atoms with van der Waals surface area (Å²) in [5.41, 5.74) is 2.42. The summed E-state index contributed by atoms with van der Waals surface area (Å²) in [6, 6.07) is 22.6. The molecular weight excluding hydrogens is 865 g/mol. The van der Waals surface area contributed by atoms with Crippen LogP contribution in [0.15, 0.2) is 94.7 Å². The van der Waals surface area contributed by atoms with Crippen molar-refractivity contribution in [1.29, 1.82) is 0 Å². The number of hydrogen-bond donors (Lipinski definition) is 2. The van der Waals surface area contributed by atoms with Gasteiger partial charge in [0.05, 0.1) is 4.90 Å². The molecular formula is C50H70CaO10S2. The summed E-state index contributed by atoms with van der Waals surface area (Å²) < 4.78 is 76.2. The Balaban J connectivity index is 0.000000427. The second-order valence-corrected chi connectivity index (χ2v) is 18.9. The molecule has 2 N–H and O–H groups in total. The number of benzene rings is 4. The molecule has 0 fully saturated rings. The van der Waals surface area contributed by atoms with Crippen LogP contribution in [-0.2, 0) is 33.1 Å². The number of ether oxygens (including phenoxy) is 2. The van der Waals surface area contributed by atoms with Crippen molar-refractivity contribution in [2.45, 2.75) is 178 Å². The molecule has 0 aliphatic rings. The van der Waals surface area contributed by atoms with E-state index in [0.717, 1.165) is 37.8 Å².